The molecule has 132 valence electrons. The maximum Gasteiger partial charge on any atom is 0.175 e. The van der Waals surface area contributed by atoms with Crippen molar-refractivity contribution in [3.63, 3.8) is 0 Å². The number of benzene rings is 2. The van der Waals surface area contributed by atoms with Gasteiger partial charge >= 0.3 is 0 Å². The molecule has 1 aliphatic carbocycles. The number of hydrogen-bond acceptors (Lipinski definition) is 3. The van der Waals surface area contributed by atoms with E-state index in [1.54, 1.807) is 24.3 Å². The first-order chi connectivity index (χ1) is 12.4. The average molecular weight is 385 g/mol. The Morgan fingerprint density at radius 3 is 2.38 bits per heavy atom. The summed E-state index contributed by atoms with van der Waals surface area (Å²) in [4.78, 5) is 0.302. The molecule has 0 aliphatic heterocycles. The molecule has 4 nitrogen and oxygen atoms in total. The average Bonchev–Trinajstić information content (AvgIpc) is 3.01. The van der Waals surface area contributed by atoms with Crippen molar-refractivity contribution in [3.8, 4) is 16.9 Å². The van der Waals surface area contributed by atoms with E-state index in [4.69, 9.17) is 16.7 Å². The van der Waals surface area contributed by atoms with Crippen molar-refractivity contribution in [3.05, 3.63) is 70.9 Å². The third-order valence-corrected chi connectivity index (χ3v) is 5.87. The van der Waals surface area contributed by atoms with Gasteiger partial charge in [-0.3, -0.25) is 0 Å². The maximum atomic E-state index is 11.7. The second kappa shape index (κ2) is 6.41. The first kappa shape index (κ1) is 17.1. The van der Waals surface area contributed by atoms with E-state index in [0.717, 1.165) is 35.5 Å². The highest BCUT2D eigenvalue weighted by Gasteiger charge is 2.20. The Morgan fingerprint density at radius 1 is 1.04 bits per heavy atom. The zero-order valence-electron chi connectivity index (χ0n) is 14.2. The van der Waals surface area contributed by atoms with Crippen molar-refractivity contribution in [2.75, 3.05) is 6.26 Å². The predicted molar refractivity (Wildman–Crippen MR) is 104 cm³/mol. The zero-order valence-corrected chi connectivity index (χ0v) is 15.8. The van der Waals surface area contributed by atoms with Crippen LogP contribution in [0, 0.1) is 0 Å². The fourth-order valence-corrected chi connectivity index (χ4v) is 3.93. The van der Waals surface area contributed by atoms with E-state index in [9.17, 15) is 8.42 Å². The van der Waals surface area contributed by atoms with E-state index in [1.165, 1.54) is 11.8 Å². The quantitative estimate of drug-likeness (QED) is 0.665. The highest BCUT2D eigenvalue weighted by molar-refractivity contribution is 7.90. The lowest BCUT2D eigenvalue weighted by atomic mass is 9.98. The van der Waals surface area contributed by atoms with Crippen LogP contribution in [-0.4, -0.2) is 24.5 Å². The van der Waals surface area contributed by atoms with Gasteiger partial charge in [-0.1, -0.05) is 29.8 Å². The van der Waals surface area contributed by atoms with Gasteiger partial charge in [-0.2, -0.15) is 5.10 Å². The van der Waals surface area contributed by atoms with Gasteiger partial charge < -0.3 is 0 Å². The minimum Gasteiger partial charge on any atom is -0.233 e. The molecule has 1 aliphatic rings. The highest BCUT2D eigenvalue weighted by Crippen LogP contribution is 2.32. The second-order valence-corrected chi connectivity index (χ2v) is 8.79. The van der Waals surface area contributed by atoms with Gasteiger partial charge in [-0.25, -0.2) is 13.1 Å². The lowest BCUT2D eigenvalue weighted by Crippen LogP contribution is -2.03. The summed E-state index contributed by atoms with van der Waals surface area (Å²) < 4.78 is 25.2. The standard InChI is InChI=1S/C20H17ClN2O2S/c1-26(24,25)17-12-10-16(11-13-17)23-19-5-3-2-4-18(19)20(22-23)14-6-8-15(21)9-7-14/h3,5-13H,2,4H2,1H3. The van der Waals surface area contributed by atoms with Crippen LogP contribution in [0.3, 0.4) is 0 Å². The van der Waals surface area contributed by atoms with Crippen molar-refractivity contribution in [2.45, 2.75) is 17.7 Å². The minimum absolute atomic E-state index is 0.302. The van der Waals surface area contributed by atoms with E-state index in [0.29, 0.717) is 9.92 Å². The molecular formula is C20H17ClN2O2S. The molecular weight excluding hydrogens is 368 g/mol. The van der Waals surface area contributed by atoms with E-state index < -0.39 is 9.84 Å². The molecule has 0 N–H and O–H groups in total. The number of halogens is 1. The number of allylic oxidation sites excluding steroid dienone is 1. The number of aromatic nitrogens is 2. The van der Waals surface area contributed by atoms with Crippen molar-refractivity contribution in [2.24, 2.45) is 0 Å². The molecule has 0 spiro atoms. The van der Waals surface area contributed by atoms with Gasteiger partial charge in [0.25, 0.3) is 0 Å². The molecule has 1 heterocycles. The van der Waals surface area contributed by atoms with Crippen LogP contribution in [0.2, 0.25) is 5.02 Å². The largest absolute Gasteiger partial charge is 0.233 e. The van der Waals surface area contributed by atoms with Gasteiger partial charge in [0.1, 0.15) is 0 Å². The van der Waals surface area contributed by atoms with Crippen LogP contribution in [0.4, 0.5) is 0 Å². The zero-order chi connectivity index (χ0) is 18.3. The summed E-state index contributed by atoms with van der Waals surface area (Å²) in [6.07, 6.45) is 7.32. The summed E-state index contributed by atoms with van der Waals surface area (Å²) in [5, 5.41) is 5.52. The Bertz CT molecular complexity index is 1100. The summed E-state index contributed by atoms with van der Waals surface area (Å²) in [6, 6.07) is 14.5. The summed E-state index contributed by atoms with van der Waals surface area (Å²) in [7, 11) is -3.22. The number of sulfone groups is 1. The van der Waals surface area contributed by atoms with E-state index in [1.807, 2.05) is 28.9 Å². The van der Waals surface area contributed by atoms with Gasteiger partial charge in [0.2, 0.25) is 0 Å². The third kappa shape index (κ3) is 3.08. The van der Waals surface area contributed by atoms with Crippen LogP contribution in [0.5, 0.6) is 0 Å². The van der Waals surface area contributed by atoms with E-state index in [2.05, 4.69) is 12.2 Å². The number of rotatable bonds is 3. The maximum absolute atomic E-state index is 11.7. The molecule has 0 unspecified atom stereocenters. The molecule has 1 aromatic heterocycles. The SMILES string of the molecule is CS(=O)(=O)c1ccc(-n2nc(-c3ccc(Cl)cc3)c3c2C=CCC3)cc1. The van der Waals surface area contributed by atoms with Crippen molar-refractivity contribution in [1.82, 2.24) is 9.78 Å². The highest BCUT2D eigenvalue weighted by atomic mass is 35.5. The van der Waals surface area contributed by atoms with E-state index in [-0.39, 0.29) is 0 Å². The van der Waals surface area contributed by atoms with Gasteiger partial charge in [0.15, 0.2) is 9.84 Å². The third-order valence-electron chi connectivity index (χ3n) is 4.49. The second-order valence-electron chi connectivity index (χ2n) is 6.34. The molecule has 0 saturated heterocycles. The Hall–Kier alpha value is -2.37. The topological polar surface area (TPSA) is 52.0 Å². The van der Waals surface area contributed by atoms with Crippen LogP contribution in [-0.2, 0) is 16.3 Å². The predicted octanol–water partition coefficient (Wildman–Crippen LogP) is 4.56. The van der Waals surface area contributed by atoms with Crippen LogP contribution < -0.4 is 0 Å². The fraction of sp³-hybridized carbons (Fsp3) is 0.150. The lowest BCUT2D eigenvalue weighted by molar-refractivity contribution is 0.602. The number of fused-ring (bicyclic) bond motifs is 1. The molecule has 0 atom stereocenters. The summed E-state index contributed by atoms with van der Waals surface area (Å²) in [5.74, 6) is 0. The normalized spacial score (nSPS) is 13.6. The Morgan fingerprint density at radius 2 is 1.73 bits per heavy atom. The molecule has 3 aromatic rings. The van der Waals surface area contributed by atoms with Gasteiger partial charge in [-0.05, 0) is 55.3 Å². The van der Waals surface area contributed by atoms with Crippen LogP contribution >= 0.6 is 11.6 Å². The van der Waals surface area contributed by atoms with Crippen molar-refractivity contribution in [1.29, 1.82) is 0 Å². The molecule has 0 fully saturated rings. The first-order valence-electron chi connectivity index (χ1n) is 8.28. The summed E-state index contributed by atoms with van der Waals surface area (Å²) in [5.41, 5.74) is 5.02. The Kier molecular flexibility index (Phi) is 4.21. The van der Waals surface area contributed by atoms with Gasteiger partial charge in [0, 0.05) is 22.4 Å². The Labute approximate surface area is 157 Å². The Balaban J connectivity index is 1.85. The molecule has 0 saturated carbocycles. The summed E-state index contributed by atoms with van der Waals surface area (Å²) >= 11 is 6.01. The smallest absolute Gasteiger partial charge is 0.175 e. The lowest BCUT2D eigenvalue weighted by Gasteiger charge is -2.10. The van der Waals surface area contributed by atoms with Crippen LogP contribution in [0.1, 0.15) is 17.7 Å². The van der Waals surface area contributed by atoms with Crippen LogP contribution in [0.15, 0.2) is 59.5 Å². The molecule has 0 amide bonds. The van der Waals surface area contributed by atoms with Crippen molar-refractivity contribution >= 4 is 27.5 Å². The molecule has 6 heteroatoms. The fourth-order valence-electron chi connectivity index (χ4n) is 3.17. The van der Waals surface area contributed by atoms with E-state index >= 15 is 0 Å². The monoisotopic (exact) mass is 384 g/mol. The van der Waals surface area contributed by atoms with Crippen molar-refractivity contribution < 1.29 is 8.42 Å². The number of nitrogens with zero attached hydrogens (tertiary/aromatic N) is 2. The minimum atomic E-state index is -3.22. The molecule has 0 bridgehead atoms. The van der Waals surface area contributed by atoms with Gasteiger partial charge in [0.05, 0.1) is 22.0 Å². The molecule has 26 heavy (non-hydrogen) atoms. The summed E-state index contributed by atoms with van der Waals surface area (Å²) in [6.45, 7) is 0. The first-order valence-corrected chi connectivity index (χ1v) is 10.6. The molecule has 2 aromatic carbocycles. The van der Waals surface area contributed by atoms with Crippen LogP contribution in [0.25, 0.3) is 23.0 Å². The van der Waals surface area contributed by atoms with Gasteiger partial charge in [-0.15, -0.1) is 0 Å². The molecule has 0 radical (unpaired) electrons. The number of hydrogen-bond donors (Lipinski definition) is 0. The molecule has 4 rings (SSSR count).